The molecule has 0 unspecified atom stereocenters. The molecular weight excluding hydrogens is 230 g/mol. The molecule has 0 atom stereocenters. The van der Waals surface area contributed by atoms with E-state index in [0.717, 1.165) is 5.33 Å². The molecule has 0 aromatic heterocycles. The Bertz CT molecular complexity index is 121. The SMILES string of the molecule is COC1CCN(CCCCBr)CC1. The molecule has 0 aromatic rings. The van der Waals surface area contributed by atoms with E-state index in [9.17, 15) is 0 Å². The highest BCUT2D eigenvalue weighted by Gasteiger charge is 2.17. The van der Waals surface area contributed by atoms with Gasteiger partial charge in [0.25, 0.3) is 0 Å². The Hall–Kier alpha value is 0.400. The third-order valence-corrected chi connectivity index (χ3v) is 3.29. The molecule has 3 heteroatoms. The number of likely N-dealkylation sites (tertiary alicyclic amines) is 1. The molecule has 13 heavy (non-hydrogen) atoms. The number of rotatable bonds is 5. The maximum atomic E-state index is 5.33. The van der Waals surface area contributed by atoms with Crippen molar-refractivity contribution >= 4 is 15.9 Å². The number of hydrogen-bond donors (Lipinski definition) is 0. The highest BCUT2D eigenvalue weighted by Crippen LogP contribution is 2.13. The van der Waals surface area contributed by atoms with Gasteiger partial charge in [0.2, 0.25) is 0 Å². The Labute approximate surface area is 89.8 Å². The Kier molecular flexibility index (Phi) is 6.00. The predicted octanol–water partition coefficient (Wildman–Crippen LogP) is 2.27. The van der Waals surface area contributed by atoms with Gasteiger partial charge in [-0.2, -0.15) is 0 Å². The van der Waals surface area contributed by atoms with E-state index in [2.05, 4.69) is 20.8 Å². The maximum absolute atomic E-state index is 5.33. The van der Waals surface area contributed by atoms with E-state index in [1.165, 1.54) is 45.3 Å². The summed E-state index contributed by atoms with van der Waals surface area (Å²) in [7, 11) is 1.82. The van der Waals surface area contributed by atoms with Crippen LogP contribution in [-0.4, -0.2) is 43.1 Å². The summed E-state index contributed by atoms with van der Waals surface area (Å²) < 4.78 is 5.33. The van der Waals surface area contributed by atoms with Crippen molar-refractivity contribution < 1.29 is 4.74 Å². The van der Waals surface area contributed by atoms with E-state index in [-0.39, 0.29) is 0 Å². The van der Waals surface area contributed by atoms with Crippen LogP contribution >= 0.6 is 15.9 Å². The number of ether oxygens (including phenoxy) is 1. The van der Waals surface area contributed by atoms with Crippen molar-refractivity contribution in [3.63, 3.8) is 0 Å². The van der Waals surface area contributed by atoms with Crippen LogP contribution in [0.25, 0.3) is 0 Å². The minimum absolute atomic E-state index is 0.521. The van der Waals surface area contributed by atoms with Crippen molar-refractivity contribution in [1.29, 1.82) is 0 Å². The molecule has 0 aromatic carbocycles. The molecule has 0 aliphatic carbocycles. The van der Waals surface area contributed by atoms with E-state index in [1.807, 2.05) is 7.11 Å². The van der Waals surface area contributed by atoms with Gasteiger partial charge < -0.3 is 9.64 Å². The molecule has 0 N–H and O–H groups in total. The molecule has 1 heterocycles. The Morgan fingerprint density at radius 2 is 2.00 bits per heavy atom. The summed E-state index contributed by atoms with van der Waals surface area (Å²) in [6, 6.07) is 0. The topological polar surface area (TPSA) is 12.5 Å². The number of piperidine rings is 1. The van der Waals surface area contributed by atoms with E-state index >= 15 is 0 Å². The average molecular weight is 250 g/mol. The standard InChI is InChI=1S/C10H20BrNO/c1-13-10-4-8-12(9-5-10)7-3-2-6-11/h10H,2-9H2,1H3. The van der Waals surface area contributed by atoms with Crippen LogP contribution in [0, 0.1) is 0 Å². The van der Waals surface area contributed by atoms with Crippen LogP contribution in [0.4, 0.5) is 0 Å². The summed E-state index contributed by atoms with van der Waals surface area (Å²) in [5, 5.41) is 1.14. The lowest BCUT2D eigenvalue weighted by Crippen LogP contribution is -2.37. The van der Waals surface area contributed by atoms with Crippen LogP contribution in [0.1, 0.15) is 25.7 Å². The summed E-state index contributed by atoms with van der Waals surface area (Å²) >= 11 is 3.46. The van der Waals surface area contributed by atoms with E-state index in [4.69, 9.17) is 4.74 Å². The molecule has 0 spiro atoms. The van der Waals surface area contributed by atoms with Crippen LogP contribution in [-0.2, 0) is 4.74 Å². The van der Waals surface area contributed by atoms with Crippen molar-refractivity contribution in [2.75, 3.05) is 32.1 Å². The molecule has 0 radical (unpaired) electrons. The highest BCUT2D eigenvalue weighted by molar-refractivity contribution is 9.09. The molecule has 1 fully saturated rings. The van der Waals surface area contributed by atoms with Gasteiger partial charge in [-0.3, -0.25) is 0 Å². The van der Waals surface area contributed by atoms with Gasteiger partial charge in [0.1, 0.15) is 0 Å². The van der Waals surface area contributed by atoms with Crippen LogP contribution in [0.5, 0.6) is 0 Å². The number of alkyl halides is 1. The minimum atomic E-state index is 0.521. The van der Waals surface area contributed by atoms with Gasteiger partial charge in [-0.15, -0.1) is 0 Å². The first kappa shape index (κ1) is 11.5. The minimum Gasteiger partial charge on any atom is -0.381 e. The zero-order chi connectivity index (χ0) is 9.52. The molecule has 1 rings (SSSR count). The summed E-state index contributed by atoms with van der Waals surface area (Å²) in [5.41, 5.74) is 0. The fourth-order valence-electron chi connectivity index (χ4n) is 1.80. The first-order valence-corrected chi connectivity index (χ1v) is 6.30. The quantitative estimate of drug-likeness (QED) is 0.548. The third kappa shape index (κ3) is 4.43. The zero-order valence-corrected chi connectivity index (χ0v) is 10.1. The Balaban J connectivity index is 2.03. The van der Waals surface area contributed by atoms with E-state index in [0.29, 0.717) is 6.10 Å². The van der Waals surface area contributed by atoms with Gasteiger partial charge in [0, 0.05) is 25.5 Å². The predicted molar refractivity (Wildman–Crippen MR) is 59.5 cm³/mol. The molecule has 1 aliphatic heterocycles. The molecule has 0 amide bonds. The second-order valence-electron chi connectivity index (χ2n) is 3.67. The van der Waals surface area contributed by atoms with Gasteiger partial charge in [0.15, 0.2) is 0 Å². The van der Waals surface area contributed by atoms with Crippen molar-refractivity contribution in [3.8, 4) is 0 Å². The third-order valence-electron chi connectivity index (χ3n) is 2.73. The summed E-state index contributed by atoms with van der Waals surface area (Å²) in [6.07, 6.45) is 5.57. The van der Waals surface area contributed by atoms with Gasteiger partial charge in [-0.25, -0.2) is 0 Å². The number of nitrogens with zero attached hydrogens (tertiary/aromatic N) is 1. The van der Waals surface area contributed by atoms with Crippen LogP contribution in [0.15, 0.2) is 0 Å². The second-order valence-corrected chi connectivity index (χ2v) is 4.47. The number of halogens is 1. The van der Waals surface area contributed by atoms with Crippen molar-refractivity contribution in [3.05, 3.63) is 0 Å². The molecule has 78 valence electrons. The summed E-state index contributed by atoms with van der Waals surface area (Å²) in [4.78, 5) is 2.55. The summed E-state index contributed by atoms with van der Waals surface area (Å²) in [6.45, 7) is 3.71. The second kappa shape index (κ2) is 6.80. The smallest absolute Gasteiger partial charge is 0.0595 e. The number of unbranched alkanes of at least 4 members (excludes halogenated alkanes) is 1. The lowest BCUT2D eigenvalue weighted by atomic mass is 10.1. The van der Waals surface area contributed by atoms with E-state index in [1.54, 1.807) is 0 Å². The van der Waals surface area contributed by atoms with Gasteiger partial charge >= 0.3 is 0 Å². The molecule has 0 bridgehead atoms. The normalized spacial score (nSPS) is 20.8. The lowest BCUT2D eigenvalue weighted by Gasteiger charge is -2.30. The van der Waals surface area contributed by atoms with Crippen LogP contribution in [0.3, 0.4) is 0 Å². The fraction of sp³-hybridized carbons (Fsp3) is 1.00. The van der Waals surface area contributed by atoms with Crippen LogP contribution < -0.4 is 0 Å². The molecule has 1 aliphatic rings. The summed E-state index contributed by atoms with van der Waals surface area (Å²) in [5.74, 6) is 0. The zero-order valence-electron chi connectivity index (χ0n) is 8.47. The average Bonchev–Trinajstić information content (AvgIpc) is 2.19. The fourth-order valence-corrected chi connectivity index (χ4v) is 2.19. The molecule has 0 saturated carbocycles. The van der Waals surface area contributed by atoms with Crippen molar-refractivity contribution in [2.24, 2.45) is 0 Å². The van der Waals surface area contributed by atoms with Crippen molar-refractivity contribution in [2.45, 2.75) is 31.8 Å². The highest BCUT2D eigenvalue weighted by atomic mass is 79.9. The number of methoxy groups -OCH3 is 1. The molecule has 1 saturated heterocycles. The Morgan fingerprint density at radius 3 is 2.54 bits per heavy atom. The first-order valence-electron chi connectivity index (χ1n) is 5.18. The van der Waals surface area contributed by atoms with Gasteiger partial charge in [0.05, 0.1) is 6.10 Å². The number of hydrogen-bond acceptors (Lipinski definition) is 2. The molecule has 2 nitrogen and oxygen atoms in total. The largest absolute Gasteiger partial charge is 0.381 e. The molecular formula is C10H20BrNO. The van der Waals surface area contributed by atoms with Crippen molar-refractivity contribution in [1.82, 2.24) is 4.90 Å². The van der Waals surface area contributed by atoms with E-state index < -0.39 is 0 Å². The maximum Gasteiger partial charge on any atom is 0.0595 e. The van der Waals surface area contributed by atoms with Gasteiger partial charge in [-0.1, -0.05) is 15.9 Å². The Morgan fingerprint density at radius 1 is 1.31 bits per heavy atom. The monoisotopic (exact) mass is 249 g/mol. The van der Waals surface area contributed by atoms with Gasteiger partial charge in [-0.05, 0) is 32.2 Å². The first-order chi connectivity index (χ1) is 6.36. The van der Waals surface area contributed by atoms with Crippen LogP contribution in [0.2, 0.25) is 0 Å². The lowest BCUT2D eigenvalue weighted by molar-refractivity contribution is 0.0408.